The molecule has 0 N–H and O–H groups in total. The maximum atomic E-state index is 13.7. The van der Waals surface area contributed by atoms with Crippen molar-refractivity contribution < 1.29 is 9.53 Å². The molecule has 0 atom stereocenters. The van der Waals surface area contributed by atoms with Crippen molar-refractivity contribution >= 4 is 22.5 Å². The molecule has 1 fully saturated rings. The third-order valence-corrected chi connectivity index (χ3v) is 6.82. The molecule has 1 saturated heterocycles. The second-order valence-electron chi connectivity index (χ2n) is 8.85. The standard InChI is InChI=1S/C28H25N5O2/c1-35-21-11-9-19(10-12-21)25-18-23(22-6-2-3-7-24(22)29-25)28(34)32-16-13-20(14-17-32)27-31-30-26-8-4-5-15-33(26)27/h2-12,15,18,20H,13-14,16-17H2,1H3. The summed E-state index contributed by atoms with van der Waals surface area (Å²) in [5, 5.41) is 9.61. The van der Waals surface area contributed by atoms with Gasteiger partial charge >= 0.3 is 0 Å². The van der Waals surface area contributed by atoms with Crippen LogP contribution < -0.4 is 4.74 Å². The van der Waals surface area contributed by atoms with Crippen LogP contribution in [0.25, 0.3) is 27.8 Å². The first-order chi connectivity index (χ1) is 17.2. The summed E-state index contributed by atoms with van der Waals surface area (Å²) in [7, 11) is 1.65. The van der Waals surface area contributed by atoms with E-state index in [1.54, 1.807) is 7.11 Å². The largest absolute Gasteiger partial charge is 0.497 e. The molecule has 1 aliphatic rings. The van der Waals surface area contributed by atoms with E-state index in [1.165, 1.54) is 0 Å². The number of nitrogens with zero attached hydrogens (tertiary/aromatic N) is 5. The molecule has 0 spiro atoms. The van der Waals surface area contributed by atoms with Crippen molar-refractivity contribution in [1.29, 1.82) is 0 Å². The van der Waals surface area contributed by atoms with E-state index in [-0.39, 0.29) is 11.8 Å². The molecule has 7 heteroatoms. The number of carbonyl (C=O) groups excluding carboxylic acids is 1. The molecule has 2 aromatic carbocycles. The topological polar surface area (TPSA) is 72.6 Å². The maximum absolute atomic E-state index is 13.7. The number of amides is 1. The van der Waals surface area contributed by atoms with Crippen molar-refractivity contribution in [2.75, 3.05) is 20.2 Å². The molecule has 7 nitrogen and oxygen atoms in total. The second-order valence-corrected chi connectivity index (χ2v) is 8.85. The van der Waals surface area contributed by atoms with Crippen molar-refractivity contribution in [3.05, 3.63) is 90.4 Å². The van der Waals surface area contributed by atoms with E-state index in [0.717, 1.165) is 52.2 Å². The Morgan fingerprint density at radius 1 is 0.943 bits per heavy atom. The first-order valence-electron chi connectivity index (χ1n) is 11.8. The van der Waals surface area contributed by atoms with Gasteiger partial charge in [-0.25, -0.2) is 4.98 Å². The molecule has 0 aliphatic carbocycles. The van der Waals surface area contributed by atoms with Gasteiger partial charge in [0.25, 0.3) is 5.91 Å². The van der Waals surface area contributed by atoms with Gasteiger partial charge in [0.1, 0.15) is 11.6 Å². The summed E-state index contributed by atoms with van der Waals surface area (Å²) < 4.78 is 7.34. The lowest BCUT2D eigenvalue weighted by Crippen LogP contribution is -2.38. The number of benzene rings is 2. The second kappa shape index (κ2) is 8.83. The molecule has 0 saturated carbocycles. The number of fused-ring (bicyclic) bond motifs is 2. The summed E-state index contributed by atoms with van der Waals surface area (Å²) in [4.78, 5) is 20.5. The zero-order valence-electron chi connectivity index (χ0n) is 19.5. The van der Waals surface area contributed by atoms with E-state index < -0.39 is 0 Å². The Kier molecular flexibility index (Phi) is 5.37. The number of carbonyl (C=O) groups is 1. The van der Waals surface area contributed by atoms with E-state index in [1.807, 2.05) is 83.9 Å². The average molecular weight is 464 g/mol. The van der Waals surface area contributed by atoms with Gasteiger partial charge < -0.3 is 9.64 Å². The lowest BCUT2D eigenvalue weighted by molar-refractivity contribution is 0.0713. The predicted octanol–water partition coefficient (Wildman–Crippen LogP) is 4.97. The molecule has 4 heterocycles. The highest BCUT2D eigenvalue weighted by atomic mass is 16.5. The van der Waals surface area contributed by atoms with Gasteiger partial charge in [-0.1, -0.05) is 24.3 Å². The van der Waals surface area contributed by atoms with Crippen LogP contribution in [0, 0.1) is 0 Å². The van der Waals surface area contributed by atoms with E-state index in [4.69, 9.17) is 9.72 Å². The van der Waals surface area contributed by atoms with Crippen LogP contribution in [-0.2, 0) is 0 Å². The zero-order chi connectivity index (χ0) is 23.8. The van der Waals surface area contributed by atoms with Crippen molar-refractivity contribution in [2.24, 2.45) is 0 Å². The van der Waals surface area contributed by atoms with Crippen molar-refractivity contribution in [3.63, 3.8) is 0 Å². The summed E-state index contributed by atoms with van der Waals surface area (Å²) in [6, 6.07) is 23.4. The van der Waals surface area contributed by atoms with Gasteiger partial charge in [0.2, 0.25) is 0 Å². The van der Waals surface area contributed by atoms with Gasteiger partial charge in [-0.05, 0) is 61.4 Å². The summed E-state index contributed by atoms with van der Waals surface area (Å²) in [6.45, 7) is 1.36. The van der Waals surface area contributed by atoms with E-state index in [0.29, 0.717) is 18.7 Å². The molecule has 3 aromatic heterocycles. The first kappa shape index (κ1) is 21.3. The van der Waals surface area contributed by atoms with Gasteiger partial charge in [0, 0.05) is 36.2 Å². The number of rotatable bonds is 4. The fourth-order valence-corrected chi connectivity index (χ4v) is 4.91. The first-order valence-corrected chi connectivity index (χ1v) is 11.8. The van der Waals surface area contributed by atoms with Gasteiger partial charge in [0.05, 0.1) is 23.9 Å². The summed E-state index contributed by atoms with van der Waals surface area (Å²) in [5.74, 6) is 2.08. The fraction of sp³-hybridized carbons (Fsp3) is 0.214. The molecule has 174 valence electrons. The molecule has 1 aliphatic heterocycles. The number of ether oxygens (including phenoxy) is 1. The molecular formula is C28H25N5O2. The number of piperidine rings is 1. The van der Waals surface area contributed by atoms with E-state index >= 15 is 0 Å². The smallest absolute Gasteiger partial charge is 0.254 e. The molecule has 0 radical (unpaired) electrons. The molecule has 0 bridgehead atoms. The van der Waals surface area contributed by atoms with Gasteiger partial charge in [-0.2, -0.15) is 0 Å². The lowest BCUT2D eigenvalue weighted by atomic mass is 9.95. The van der Waals surface area contributed by atoms with Crippen LogP contribution in [0.4, 0.5) is 0 Å². The molecule has 6 rings (SSSR count). The minimum absolute atomic E-state index is 0.0444. The van der Waals surface area contributed by atoms with Crippen LogP contribution in [0.3, 0.4) is 0 Å². The summed E-state index contributed by atoms with van der Waals surface area (Å²) >= 11 is 0. The van der Waals surface area contributed by atoms with E-state index in [2.05, 4.69) is 14.6 Å². The number of hydrogen-bond acceptors (Lipinski definition) is 5. The van der Waals surface area contributed by atoms with Gasteiger partial charge in [-0.3, -0.25) is 9.20 Å². The number of likely N-dealkylation sites (tertiary alicyclic amines) is 1. The normalized spacial score (nSPS) is 14.5. The number of aromatic nitrogens is 4. The van der Waals surface area contributed by atoms with Crippen molar-refractivity contribution in [3.8, 4) is 17.0 Å². The number of hydrogen-bond donors (Lipinski definition) is 0. The Labute approximate surface area is 203 Å². The quantitative estimate of drug-likeness (QED) is 0.376. The molecule has 0 unspecified atom stereocenters. The minimum Gasteiger partial charge on any atom is -0.497 e. The SMILES string of the molecule is COc1ccc(-c2cc(C(=O)N3CCC(c4nnc5ccccn45)CC3)c3ccccc3n2)cc1. The highest BCUT2D eigenvalue weighted by Gasteiger charge is 2.28. The lowest BCUT2D eigenvalue weighted by Gasteiger charge is -2.31. The third kappa shape index (κ3) is 3.89. The Balaban J connectivity index is 1.28. The highest BCUT2D eigenvalue weighted by molar-refractivity contribution is 6.07. The van der Waals surface area contributed by atoms with E-state index in [9.17, 15) is 4.79 Å². The zero-order valence-corrected chi connectivity index (χ0v) is 19.5. The minimum atomic E-state index is 0.0444. The Bertz CT molecular complexity index is 1520. The Morgan fingerprint density at radius 3 is 2.51 bits per heavy atom. The molecule has 35 heavy (non-hydrogen) atoms. The number of para-hydroxylation sites is 1. The van der Waals surface area contributed by atoms with Crippen LogP contribution in [0.15, 0.2) is 79.0 Å². The predicted molar refractivity (Wildman–Crippen MR) is 135 cm³/mol. The Morgan fingerprint density at radius 2 is 1.71 bits per heavy atom. The maximum Gasteiger partial charge on any atom is 0.254 e. The fourth-order valence-electron chi connectivity index (χ4n) is 4.91. The molecular weight excluding hydrogens is 438 g/mol. The molecule has 5 aromatic rings. The van der Waals surface area contributed by atoms with Crippen LogP contribution in [-0.4, -0.2) is 50.6 Å². The molecule has 1 amide bonds. The van der Waals surface area contributed by atoms with Crippen molar-refractivity contribution in [1.82, 2.24) is 24.5 Å². The van der Waals surface area contributed by atoms with Gasteiger partial charge in [-0.15, -0.1) is 10.2 Å². The van der Waals surface area contributed by atoms with Gasteiger partial charge in [0.15, 0.2) is 5.65 Å². The highest BCUT2D eigenvalue weighted by Crippen LogP contribution is 2.31. The monoisotopic (exact) mass is 463 g/mol. The number of pyridine rings is 2. The third-order valence-electron chi connectivity index (χ3n) is 6.82. The summed E-state index contributed by atoms with van der Waals surface area (Å²) in [6.07, 6.45) is 3.72. The summed E-state index contributed by atoms with van der Waals surface area (Å²) in [5.41, 5.74) is 4.08. The number of methoxy groups -OCH3 is 1. The van der Waals surface area contributed by atoms with Crippen molar-refractivity contribution in [2.45, 2.75) is 18.8 Å². The van der Waals surface area contributed by atoms with Crippen LogP contribution >= 0.6 is 0 Å². The average Bonchev–Trinajstić information content (AvgIpc) is 3.36. The van der Waals surface area contributed by atoms with Crippen LogP contribution in [0.1, 0.15) is 34.9 Å². The Hall–Kier alpha value is -4.26. The van der Waals surface area contributed by atoms with Crippen LogP contribution in [0.2, 0.25) is 0 Å². The van der Waals surface area contributed by atoms with Crippen LogP contribution in [0.5, 0.6) is 5.75 Å².